The van der Waals surface area contributed by atoms with Gasteiger partial charge in [0.25, 0.3) is 0 Å². The third kappa shape index (κ3) is 6.58. The Balaban J connectivity index is 1.37. The molecule has 0 saturated heterocycles. The topological polar surface area (TPSA) is 115 Å². The lowest BCUT2D eigenvalue weighted by Gasteiger charge is -2.13. The van der Waals surface area contributed by atoms with Gasteiger partial charge in [-0.25, -0.2) is 4.79 Å². The SMILES string of the molecule is CCOC(=O)c1c(NC(=O)[C@H](C)Sc2nnc(CNC(=O)Cc3ccccc3)n2C)sc2c1CCCC2. The van der Waals surface area contributed by atoms with Gasteiger partial charge in [-0.3, -0.25) is 9.59 Å². The Bertz CT molecular complexity index is 1270. The second-order valence-corrected chi connectivity index (χ2v) is 11.2. The van der Waals surface area contributed by atoms with E-state index in [9.17, 15) is 14.4 Å². The highest BCUT2D eigenvalue weighted by Gasteiger charge is 2.28. The first-order valence-corrected chi connectivity index (χ1v) is 14.0. The minimum absolute atomic E-state index is 0.104. The van der Waals surface area contributed by atoms with Crippen LogP contribution in [-0.4, -0.2) is 44.4 Å². The third-order valence-electron chi connectivity index (χ3n) is 6.12. The molecule has 4 rings (SSSR count). The van der Waals surface area contributed by atoms with E-state index in [1.54, 1.807) is 25.5 Å². The molecule has 2 aromatic heterocycles. The Morgan fingerprint density at radius 1 is 1.16 bits per heavy atom. The molecule has 1 aromatic carbocycles. The average Bonchev–Trinajstić information content (AvgIpc) is 3.43. The summed E-state index contributed by atoms with van der Waals surface area (Å²) in [7, 11) is 1.80. The summed E-state index contributed by atoms with van der Waals surface area (Å²) in [6, 6.07) is 9.52. The van der Waals surface area contributed by atoms with Gasteiger partial charge in [-0.1, -0.05) is 42.1 Å². The van der Waals surface area contributed by atoms with Crippen molar-refractivity contribution in [1.82, 2.24) is 20.1 Å². The number of esters is 1. The fourth-order valence-corrected chi connectivity index (χ4v) is 6.24. The van der Waals surface area contributed by atoms with Gasteiger partial charge in [-0.2, -0.15) is 0 Å². The van der Waals surface area contributed by atoms with E-state index in [1.807, 2.05) is 30.3 Å². The van der Waals surface area contributed by atoms with Gasteiger partial charge in [0.2, 0.25) is 11.8 Å². The molecule has 9 nitrogen and oxygen atoms in total. The van der Waals surface area contributed by atoms with Crippen molar-refractivity contribution in [1.29, 1.82) is 0 Å². The van der Waals surface area contributed by atoms with Gasteiger partial charge < -0.3 is 19.9 Å². The number of ether oxygens (including phenoxy) is 1. The number of aromatic nitrogens is 3. The highest BCUT2D eigenvalue weighted by molar-refractivity contribution is 8.00. The third-order valence-corrected chi connectivity index (χ3v) is 8.46. The lowest BCUT2D eigenvalue weighted by atomic mass is 9.95. The maximum atomic E-state index is 13.1. The van der Waals surface area contributed by atoms with Crippen molar-refractivity contribution < 1.29 is 19.1 Å². The standard InChI is InChI=1S/C26H31N5O4S2/c1-4-35-25(34)22-18-12-8-9-13-19(18)37-24(22)28-23(33)16(2)36-26-30-29-20(31(26)3)15-27-21(32)14-17-10-6-5-7-11-17/h5-7,10-11,16H,4,8-9,12-15H2,1-3H3,(H,27,32)(H,28,33)/t16-/m0/s1. The van der Waals surface area contributed by atoms with Crippen molar-refractivity contribution in [2.45, 2.75) is 62.9 Å². The molecular weight excluding hydrogens is 510 g/mol. The summed E-state index contributed by atoms with van der Waals surface area (Å²) in [4.78, 5) is 39.2. The number of nitrogens with zero attached hydrogens (tertiary/aromatic N) is 3. The van der Waals surface area contributed by atoms with E-state index >= 15 is 0 Å². The van der Waals surface area contributed by atoms with Crippen LogP contribution >= 0.6 is 23.1 Å². The number of rotatable bonds is 10. The number of carbonyl (C=O) groups is 3. The van der Waals surface area contributed by atoms with Crippen LogP contribution in [0.15, 0.2) is 35.5 Å². The number of hydrogen-bond acceptors (Lipinski definition) is 8. The van der Waals surface area contributed by atoms with Crippen LogP contribution in [0.5, 0.6) is 0 Å². The first-order chi connectivity index (χ1) is 17.9. The zero-order valence-corrected chi connectivity index (χ0v) is 22.8. The molecule has 0 spiro atoms. The summed E-state index contributed by atoms with van der Waals surface area (Å²) in [6.45, 7) is 4.08. The smallest absolute Gasteiger partial charge is 0.341 e. The monoisotopic (exact) mass is 541 g/mol. The van der Waals surface area contributed by atoms with Crippen LogP contribution in [0.2, 0.25) is 0 Å². The van der Waals surface area contributed by atoms with Crippen LogP contribution < -0.4 is 10.6 Å². The lowest BCUT2D eigenvalue weighted by molar-refractivity contribution is -0.120. The van der Waals surface area contributed by atoms with Crippen molar-refractivity contribution >= 4 is 45.9 Å². The second kappa shape index (κ2) is 12.4. The molecule has 1 aliphatic carbocycles. The van der Waals surface area contributed by atoms with Crippen molar-refractivity contribution in [3.8, 4) is 0 Å². The highest BCUT2D eigenvalue weighted by atomic mass is 32.2. The Kier molecular flexibility index (Phi) is 8.99. The Labute approximate surface area is 224 Å². The second-order valence-electron chi connectivity index (χ2n) is 8.78. The number of carbonyl (C=O) groups excluding carboxylic acids is 3. The largest absolute Gasteiger partial charge is 0.462 e. The maximum Gasteiger partial charge on any atom is 0.341 e. The molecule has 37 heavy (non-hydrogen) atoms. The Morgan fingerprint density at radius 2 is 1.92 bits per heavy atom. The molecule has 0 fully saturated rings. The van der Waals surface area contributed by atoms with Gasteiger partial charge in [0.1, 0.15) is 5.00 Å². The molecule has 2 N–H and O–H groups in total. The van der Waals surface area contributed by atoms with Crippen LogP contribution in [0.3, 0.4) is 0 Å². The molecular formula is C26H31N5O4S2. The predicted molar refractivity (Wildman–Crippen MR) is 144 cm³/mol. The van der Waals surface area contributed by atoms with Gasteiger partial charge in [0.05, 0.1) is 30.4 Å². The Morgan fingerprint density at radius 3 is 2.68 bits per heavy atom. The zero-order valence-electron chi connectivity index (χ0n) is 21.2. The number of anilines is 1. The number of aryl methyl sites for hydroxylation is 1. The summed E-state index contributed by atoms with van der Waals surface area (Å²) in [5.74, 6) is -0.126. The predicted octanol–water partition coefficient (Wildman–Crippen LogP) is 3.91. The molecule has 1 atom stereocenters. The van der Waals surface area contributed by atoms with Gasteiger partial charge in [-0.05, 0) is 50.7 Å². The van der Waals surface area contributed by atoms with Gasteiger partial charge in [0.15, 0.2) is 11.0 Å². The number of thiophene rings is 1. The van der Waals surface area contributed by atoms with Crippen LogP contribution in [0.4, 0.5) is 5.00 Å². The van der Waals surface area contributed by atoms with Crippen molar-refractivity contribution in [2.24, 2.45) is 7.05 Å². The van der Waals surface area contributed by atoms with E-state index in [-0.39, 0.29) is 37.4 Å². The molecule has 2 heterocycles. The molecule has 3 aromatic rings. The lowest BCUT2D eigenvalue weighted by Crippen LogP contribution is -2.26. The summed E-state index contributed by atoms with van der Waals surface area (Å²) >= 11 is 2.74. The molecule has 196 valence electrons. The number of nitrogens with one attached hydrogen (secondary N) is 2. The molecule has 2 amide bonds. The fraction of sp³-hybridized carbons (Fsp3) is 0.423. The van der Waals surface area contributed by atoms with Crippen molar-refractivity contribution in [3.63, 3.8) is 0 Å². The number of benzene rings is 1. The molecule has 0 aliphatic heterocycles. The van der Waals surface area contributed by atoms with E-state index in [0.717, 1.165) is 41.7 Å². The number of thioether (sulfide) groups is 1. The molecule has 0 unspecified atom stereocenters. The molecule has 0 saturated carbocycles. The minimum atomic E-state index is -0.488. The van der Waals surface area contributed by atoms with Crippen LogP contribution in [0, 0.1) is 0 Å². The quantitative estimate of drug-likeness (QED) is 0.295. The van der Waals surface area contributed by atoms with Crippen LogP contribution in [0.25, 0.3) is 0 Å². The average molecular weight is 542 g/mol. The molecule has 0 radical (unpaired) electrons. The highest BCUT2D eigenvalue weighted by Crippen LogP contribution is 2.39. The van der Waals surface area contributed by atoms with Crippen molar-refractivity contribution in [2.75, 3.05) is 11.9 Å². The van der Waals surface area contributed by atoms with E-state index in [0.29, 0.717) is 21.5 Å². The van der Waals surface area contributed by atoms with Crippen molar-refractivity contribution in [3.05, 3.63) is 57.7 Å². The van der Waals surface area contributed by atoms with Gasteiger partial charge >= 0.3 is 5.97 Å². The number of hydrogen-bond donors (Lipinski definition) is 2. The van der Waals surface area contributed by atoms with E-state index in [2.05, 4.69) is 20.8 Å². The normalized spacial score (nSPS) is 13.5. The summed E-state index contributed by atoms with van der Waals surface area (Å²) < 4.78 is 7.05. The summed E-state index contributed by atoms with van der Waals surface area (Å²) in [5, 5.41) is 14.8. The number of fused-ring (bicyclic) bond motifs is 1. The van der Waals surface area contributed by atoms with E-state index in [1.165, 1.54) is 23.1 Å². The molecule has 11 heteroatoms. The molecule has 0 bridgehead atoms. The van der Waals surface area contributed by atoms with Gasteiger partial charge in [0, 0.05) is 11.9 Å². The Hall–Kier alpha value is -3.18. The maximum absolute atomic E-state index is 13.1. The minimum Gasteiger partial charge on any atom is -0.462 e. The fourth-order valence-electron chi connectivity index (χ4n) is 4.12. The van der Waals surface area contributed by atoms with Crippen LogP contribution in [0.1, 0.15) is 58.9 Å². The number of amides is 2. The van der Waals surface area contributed by atoms with E-state index in [4.69, 9.17) is 4.74 Å². The zero-order chi connectivity index (χ0) is 26.4. The van der Waals surface area contributed by atoms with E-state index < -0.39 is 5.25 Å². The molecule has 1 aliphatic rings. The summed E-state index contributed by atoms with van der Waals surface area (Å²) in [5.41, 5.74) is 2.45. The first-order valence-electron chi connectivity index (χ1n) is 12.4. The summed E-state index contributed by atoms with van der Waals surface area (Å²) in [6.07, 6.45) is 4.13. The van der Waals surface area contributed by atoms with Gasteiger partial charge in [-0.15, -0.1) is 21.5 Å². The van der Waals surface area contributed by atoms with Crippen LogP contribution in [-0.2, 0) is 47.2 Å². The first kappa shape index (κ1) is 26.9.